The van der Waals surface area contributed by atoms with E-state index in [9.17, 15) is 0 Å². The van der Waals surface area contributed by atoms with E-state index >= 15 is 0 Å². The Morgan fingerprint density at radius 2 is 0.761 bits per heavy atom. The van der Waals surface area contributed by atoms with Gasteiger partial charge in [0.2, 0.25) is 0 Å². The van der Waals surface area contributed by atoms with Crippen LogP contribution in [0.1, 0.15) is 47.2 Å². The topological polar surface area (TPSA) is 19.6 Å². The first-order valence-electron chi connectivity index (χ1n) is 23.2. The van der Waals surface area contributed by atoms with Gasteiger partial charge >= 0.3 is 0 Å². The van der Waals surface area contributed by atoms with Crippen molar-refractivity contribution >= 4 is 56.1 Å². The first-order chi connectivity index (χ1) is 33.0. The molecule has 1 heterocycles. The van der Waals surface area contributed by atoms with Crippen LogP contribution in [0.25, 0.3) is 44.2 Å². The molecule has 67 heavy (non-hydrogen) atoms. The third kappa shape index (κ3) is 5.91. The Morgan fingerprint density at radius 3 is 1.48 bits per heavy atom. The zero-order chi connectivity index (χ0) is 44.7. The van der Waals surface area contributed by atoms with Crippen LogP contribution in [0.4, 0.5) is 34.1 Å². The Balaban J connectivity index is 1.01. The number of hydrogen-bond donors (Lipinski definition) is 0. The number of benzene rings is 10. The van der Waals surface area contributed by atoms with Crippen molar-refractivity contribution in [2.45, 2.75) is 24.7 Å². The second kappa shape index (κ2) is 15.1. The standard InChI is InChI=1S/C64H46N2O/c1-63(2)57-31-13-9-29-53(57)56-41-49(36-38-58(56)63)66(50-35-37-55-54-30-12-16-34-61(54)67-62(55)42-50)48-26-18-25-47(40-48)65(45-22-7-4-8-23-45)46-24-17-21-44(39-46)64(43-19-5-3-6-20-43)59-32-14-10-27-51(59)52-28-11-15-33-60(52)64/h3-42H,1-2H3. The van der Waals surface area contributed by atoms with Crippen molar-refractivity contribution in [2.24, 2.45) is 0 Å². The van der Waals surface area contributed by atoms with E-state index in [4.69, 9.17) is 4.42 Å². The summed E-state index contributed by atoms with van der Waals surface area (Å²) in [7, 11) is 0. The molecule has 0 atom stereocenters. The molecule has 10 aromatic carbocycles. The molecule has 0 unspecified atom stereocenters. The molecule has 13 rings (SSSR count). The van der Waals surface area contributed by atoms with Gasteiger partial charge in [-0.25, -0.2) is 0 Å². The number of nitrogens with zero attached hydrogens (tertiary/aromatic N) is 2. The van der Waals surface area contributed by atoms with Crippen molar-refractivity contribution in [1.29, 1.82) is 0 Å². The zero-order valence-corrected chi connectivity index (χ0v) is 37.4. The molecule has 3 nitrogen and oxygen atoms in total. The van der Waals surface area contributed by atoms with Crippen LogP contribution >= 0.6 is 0 Å². The molecule has 0 fully saturated rings. The Hall–Kier alpha value is -8.40. The molecule has 0 aliphatic heterocycles. The van der Waals surface area contributed by atoms with Gasteiger partial charge in [-0.2, -0.15) is 0 Å². The molecule has 318 valence electrons. The molecular formula is C64H46N2O. The molecule has 0 N–H and O–H groups in total. The van der Waals surface area contributed by atoms with E-state index in [0.29, 0.717) is 0 Å². The molecule has 0 saturated heterocycles. The molecule has 0 amide bonds. The van der Waals surface area contributed by atoms with E-state index in [-0.39, 0.29) is 5.41 Å². The van der Waals surface area contributed by atoms with E-state index in [1.165, 1.54) is 55.6 Å². The predicted molar refractivity (Wildman–Crippen MR) is 278 cm³/mol. The van der Waals surface area contributed by atoms with Crippen LogP contribution in [0, 0.1) is 0 Å². The third-order valence-corrected chi connectivity index (χ3v) is 14.5. The Labute approximate surface area is 391 Å². The van der Waals surface area contributed by atoms with Gasteiger partial charge in [-0.3, -0.25) is 0 Å². The van der Waals surface area contributed by atoms with Gasteiger partial charge in [-0.1, -0.05) is 178 Å². The first kappa shape index (κ1) is 39.0. The van der Waals surface area contributed by atoms with Crippen LogP contribution < -0.4 is 9.80 Å². The average molecular weight is 859 g/mol. The summed E-state index contributed by atoms with van der Waals surface area (Å²) >= 11 is 0. The van der Waals surface area contributed by atoms with Crippen LogP contribution in [0.5, 0.6) is 0 Å². The highest BCUT2D eigenvalue weighted by atomic mass is 16.3. The Kier molecular flexibility index (Phi) is 8.78. The monoisotopic (exact) mass is 858 g/mol. The van der Waals surface area contributed by atoms with Crippen molar-refractivity contribution in [2.75, 3.05) is 9.80 Å². The van der Waals surface area contributed by atoms with Crippen LogP contribution in [-0.4, -0.2) is 0 Å². The number of anilines is 6. The number of fused-ring (bicyclic) bond motifs is 9. The second-order valence-electron chi connectivity index (χ2n) is 18.5. The van der Waals surface area contributed by atoms with Crippen molar-refractivity contribution < 1.29 is 4.42 Å². The van der Waals surface area contributed by atoms with Crippen molar-refractivity contribution in [3.63, 3.8) is 0 Å². The lowest BCUT2D eigenvalue weighted by molar-refractivity contribution is 0.660. The molecule has 2 aliphatic rings. The highest BCUT2D eigenvalue weighted by Crippen LogP contribution is 2.57. The SMILES string of the molecule is CC1(C)c2ccccc2-c2cc(N(c3cccc(N(c4ccccc4)c4cccc(C5(c6ccccc6)c6ccccc6-c6ccccc65)c4)c3)c3ccc4c(c3)oc3ccccc34)ccc21. The van der Waals surface area contributed by atoms with E-state index < -0.39 is 5.41 Å². The summed E-state index contributed by atoms with van der Waals surface area (Å²) in [6.07, 6.45) is 0. The summed E-state index contributed by atoms with van der Waals surface area (Å²) in [4.78, 5) is 4.79. The second-order valence-corrected chi connectivity index (χ2v) is 18.5. The quantitative estimate of drug-likeness (QED) is 0.152. The largest absolute Gasteiger partial charge is 0.456 e. The minimum absolute atomic E-state index is 0.102. The highest BCUT2D eigenvalue weighted by Gasteiger charge is 2.46. The van der Waals surface area contributed by atoms with Gasteiger partial charge in [0.05, 0.1) is 5.41 Å². The zero-order valence-electron chi connectivity index (χ0n) is 37.4. The van der Waals surface area contributed by atoms with Gasteiger partial charge in [0.15, 0.2) is 0 Å². The summed E-state index contributed by atoms with van der Waals surface area (Å²) < 4.78 is 6.54. The fourth-order valence-electron chi connectivity index (χ4n) is 11.5. The van der Waals surface area contributed by atoms with E-state index in [0.717, 1.165) is 56.1 Å². The maximum atomic E-state index is 6.54. The van der Waals surface area contributed by atoms with E-state index in [1.54, 1.807) is 0 Å². The van der Waals surface area contributed by atoms with Gasteiger partial charge in [-0.05, 0) is 128 Å². The van der Waals surface area contributed by atoms with Crippen molar-refractivity contribution in [1.82, 2.24) is 0 Å². The van der Waals surface area contributed by atoms with Gasteiger partial charge in [0.25, 0.3) is 0 Å². The first-order valence-corrected chi connectivity index (χ1v) is 23.2. The van der Waals surface area contributed by atoms with E-state index in [2.05, 4.69) is 260 Å². The third-order valence-electron chi connectivity index (χ3n) is 14.5. The van der Waals surface area contributed by atoms with Gasteiger partial charge in [0, 0.05) is 56.4 Å². The number of hydrogen-bond acceptors (Lipinski definition) is 3. The maximum absolute atomic E-state index is 6.54. The molecular weight excluding hydrogens is 813 g/mol. The van der Waals surface area contributed by atoms with Crippen molar-refractivity contribution in [3.8, 4) is 22.3 Å². The lowest BCUT2D eigenvalue weighted by Gasteiger charge is -2.35. The number of rotatable bonds is 8. The summed E-state index contributed by atoms with van der Waals surface area (Å²) in [5, 5.41) is 2.22. The average Bonchev–Trinajstić information content (AvgIpc) is 3.98. The maximum Gasteiger partial charge on any atom is 0.137 e. The Morgan fingerprint density at radius 1 is 0.299 bits per heavy atom. The minimum atomic E-state index is -0.526. The molecule has 0 radical (unpaired) electrons. The lowest BCUT2D eigenvalue weighted by atomic mass is 9.67. The van der Waals surface area contributed by atoms with Gasteiger partial charge in [-0.15, -0.1) is 0 Å². The molecule has 0 bridgehead atoms. The summed E-state index contributed by atoms with van der Waals surface area (Å²) in [5.41, 5.74) is 20.3. The fourth-order valence-corrected chi connectivity index (χ4v) is 11.5. The number of furan rings is 1. The summed E-state index contributed by atoms with van der Waals surface area (Å²) in [5.74, 6) is 0. The van der Waals surface area contributed by atoms with Crippen molar-refractivity contribution in [3.05, 3.63) is 276 Å². The molecule has 2 aliphatic carbocycles. The molecule has 1 aromatic heterocycles. The van der Waals surface area contributed by atoms with E-state index in [1.807, 2.05) is 6.07 Å². The number of para-hydroxylation sites is 2. The van der Waals surface area contributed by atoms with Crippen LogP contribution in [0.2, 0.25) is 0 Å². The summed E-state index contributed by atoms with van der Waals surface area (Å²) in [6, 6.07) is 88.8. The normalized spacial score (nSPS) is 13.8. The molecule has 0 saturated carbocycles. The summed E-state index contributed by atoms with van der Waals surface area (Å²) in [6.45, 7) is 4.68. The molecule has 0 spiro atoms. The smallest absolute Gasteiger partial charge is 0.137 e. The Bertz CT molecular complexity index is 3650. The van der Waals surface area contributed by atoms with Gasteiger partial charge in [0.1, 0.15) is 11.2 Å². The molecule has 11 aromatic rings. The van der Waals surface area contributed by atoms with Crippen LogP contribution in [0.15, 0.2) is 247 Å². The highest BCUT2D eigenvalue weighted by molar-refractivity contribution is 6.06. The van der Waals surface area contributed by atoms with Gasteiger partial charge < -0.3 is 14.2 Å². The fraction of sp³-hybridized carbons (Fsp3) is 0.0625. The van der Waals surface area contributed by atoms with Crippen LogP contribution in [-0.2, 0) is 10.8 Å². The minimum Gasteiger partial charge on any atom is -0.456 e. The van der Waals surface area contributed by atoms with Crippen LogP contribution in [0.3, 0.4) is 0 Å². The predicted octanol–water partition coefficient (Wildman–Crippen LogP) is 17.2. The molecule has 3 heteroatoms. The lowest BCUT2D eigenvalue weighted by Crippen LogP contribution is -2.28.